The number of methoxy groups -OCH3 is 2. The first-order valence-corrected chi connectivity index (χ1v) is 8.72. The molecule has 28 heavy (non-hydrogen) atoms. The average Bonchev–Trinajstić information content (AvgIpc) is 3.16. The zero-order chi connectivity index (χ0) is 20.1. The summed E-state index contributed by atoms with van der Waals surface area (Å²) in [6.07, 6.45) is 0. The highest BCUT2D eigenvalue weighted by atomic mass is 32.1. The number of halogens is 1. The molecule has 0 saturated carbocycles. The lowest BCUT2D eigenvalue weighted by atomic mass is 10.0. The van der Waals surface area contributed by atoms with Crippen molar-refractivity contribution >= 4 is 34.2 Å². The fourth-order valence-corrected chi connectivity index (χ4v) is 2.92. The van der Waals surface area contributed by atoms with Gasteiger partial charge in [-0.2, -0.15) is 4.98 Å². The van der Waals surface area contributed by atoms with Gasteiger partial charge in [-0.3, -0.25) is 10.1 Å². The van der Waals surface area contributed by atoms with Crippen molar-refractivity contribution in [1.82, 2.24) is 9.36 Å². The van der Waals surface area contributed by atoms with Crippen molar-refractivity contribution in [1.29, 1.82) is 0 Å². The van der Waals surface area contributed by atoms with Gasteiger partial charge in [0.2, 0.25) is 5.13 Å². The second-order valence-corrected chi connectivity index (χ2v) is 6.14. The van der Waals surface area contributed by atoms with E-state index in [0.29, 0.717) is 5.75 Å². The van der Waals surface area contributed by atoms with Crippen LogP contribution >= 0.6 is 11.5 Å². The molecule has 0 aliphatic rings. The molecular formula is C18H15FN4O4S. The molecule has 0 unspecified atom stereocenters. The zero-order valence-electron chi connectivity index (χ0n) is 14.9. The molecule has 8 nitrogen and oxygen atoms in total. The van der Waals surface area contributed by atoms with Crippen LogP contribution in [0.2, 0.25) is 0 Å². The molecular weight excluding hydrogens is 387 g/mol. The molecule has 0 fully saturated rings. The molecule has 144 valence electrons. The number of urea groups is 1. The van der Waals surface area contributed by atoms with E-state index < -0.39 is 17.6 Å². The van der Waals surface area contributed by atoms with Crippen LogP contribution in [-0.4, -0.2) is 35.4 Å². The van der Waals surface area contributed by atoms with E-state index in [1.54, 1.807) is 24.3 Å². The van der Waals surface area contributed by atoms with Gasteiger partial charge in [0, 0.05) is 17.1 Å². The molecule has 0 aliphatic heterocycles. The SMILES string of the molecule is COc1nsc(NC(=O)Nc2ccc(F)cc2C(=O)c2ccccc2OC)n1. The monoisotopic (exact) mass is 402 g/mol. The standard InChI is InChI=1S/C18H15FN4O4S/c1-26-14-6-4-3-5-11(14)15(24)12-9-10(19)7-8-13(12)20-16(25)21-18-22-17(27-2)23-28-18/h3-9H,1-2H3,(H2,20,21,22,23,25). The second kappa shape index (κ2) is 8.44. The highest BCUT2D eigenvalue weighted by molar-refractivity contribution is 7.10. The molecule has 0 bridgehead atoms. The van der Waals surface area contributed by atoms with Crippen molar-refractivity contribution in [2.24, 2.45) is 0 Å². The van der Waals surface area contributed by atoms with E-state index >= 15 is 0 Å². The number of nitrogens with zero attached hydrogens (tertiary/aromatic N) is 2. The lowest BCUT2D eigenvalue weighted by Gasteiger charge is -2.12. The van der Waals surface area contributed by atoms with Gasteiger partial charge in [0.1, 0.15) is 11.6 Å². The third kappa shape index (κ3) is 4.23. The number of carbonyl (C=O) groups excluding carboxylic acids is 2. The molecule has 0 aliphatic carbocycles. The number of aromatic nitrogens is 2. The summed E-state index contributed by atoms with van der Waals surface area (Å²) >= 11 is 0.926. The summed E-state index contributed by atoms with van der Waals surface area (Å²) in [5.74, 6) is -0.768. The Morgan fingerprint density at radius 2 is 1.82 bits per heavy atom. The van der Waals surface area contributed by atoms with Crippen molar-refractivity contribution in [3.05, 3.63) is 59.4 Å². The van der Waals surface area contributed by atoms with Gasteiger partial charge in [-0.25, -0.2) is 9.18 Å². The zero-order valence-corrected chi connectivity index (χ0v) is 15.7. The van der Waals surface area contributed by atoms with Crippen molar-refractivity contribution in [3.63, 3.8) is 0 Å². The van der Waals surface area contributed by atoms with Gasteiger partial charge >= 0.3 is 12.0 Å². The predicted octanol–water partition coefficient (Wildman–Crippen LogP) is 3.57. The second-order valence-electron chi connectivity index (χ2n) is 5.38. The molecule has 3 aromatic rings. The Labute approximate surface area is 163 Å². The maximum absolute atomic E-state index is 13.8. The number of benzene rings is 2. The smallest absolute Gasteiger partial charge is 0.329 e. The molecule has 0 radical (unpaired) electrons. The maximum atomic E-state index is 13.8. The lowest BCUT2D eigenvalue weighted by molar-refractivity contribution is 0.103. The van der Waals surface area contributed by atoms with Crippen molar-refractivity contribution < 1.29 is 23.5 Å². The van der Waals surface area contributed by atoms with E-state index in [1.165, 1.54) is 20.3 Å². The third-order valence-electron chi connectivity index (χ3n) is 3.64. The fraction of sp³-hybridized carbons (Fsp3) is 0.111. The Bertz CT molecular complexity index is 1020. The number of hydrogen-bond acceptors (Lipinski definition) is 7. The van der Waals surface area contributed by atoms with E-state index in [2.05, 4.69) is 20.0 Å². The van der Waals surface area contributed by atoms with Crippen LogP contribution in [0.4, 0.5) is 20.0 Å². The number of para-hydroxylation sites is 1. The van der Waals surface area contributed by atoms with Gasteiger partial charge in [0.15, 0.2) is 5.78 Å². The van der Waals surface area contributed by atoms with Crippen LogP contribution in [0, 0.1) is 5.82 Å². The fourth-order valence-electron chi connectivity index (χ4n) is 2.38. The van der Waals surface area contributed by atoms with E-state index in [4.69, 9.17) is 9.47 Å². The van der Waals surface area contributed by atoms with Crippen LogP contribution in [0.15, 0.2) is 42.5 Å². The summed E-state index contributed by atoms with van der Waals surface area (Å²) < 4.78 is 27.7. The molecule has 0 spiro atoms. The molecule has 1 aromatic heterocycles. The molecule has 1 heterocycles. The summed E-state index contributed by atoms with van der Waals surface area (Å²) in [5, 5.41) is 5.20. The van der Waals surface area contributed by atoms with E-state index in [-0.39, 0.29) is 28.0 Å². The summed E-state index contributed by atoms with van der Waals surface area (Å²) in [4.78, 5) is 29.1. The largest absolute Gasteiger partial charge is 0.496 e. The van der Waals surface area contributed by atoms with Crippen LogP contribution < -0.4 is 20.1 Å². The minimum absolute atomic E-state index is 0.0190. The minimum atomic E-state index is -0.667. The first kappa shape index (κ1) is 19.2. The Morgan fingerprint density at radius 1 is 1.04 bits per heavy atom. The van der Waals surface area contributed by atoms with Crippen LogP contribution in [0.25, 0.3) is 0 Å². The summed E-state index contributed by atoms with van der Waals surface area (Å²) in [6.45, 7) is 0. The first-order chi connectivity index (χ1) is 13.5. The lowest BCUT2D eigenvalue weighted by Crippen LogP contribution is -2.21. The predicted molar refractivity (Wildman–Crippen MR) is 102 cm³/mol. The summed E-state index contributed by atoms with van der Waals surface area (Å²) in [7, 11) is 2.83. The number of amides is 2. The molecule has 2 N–H and O–H groups in total. The third-order valence-corrected chi connectivity index (χ3v) is 4.25. The van der Waals surface area contributed by atoms with Crippen LogP contribution in [0.5, 0.6) is 11.8 Å². The quantitative estimate of drug-likeness (QED) is 0.611. The number of ether oxygens (including phenoxy) is 2. The molecule has 0 atom stereocenters. The molecule has 0 saturated heterocycles. The average molecular weight is 402 g/mol. The topological polar surface area (TPSA) is 102 Å². The number of carbonyl (C=O) groups is 2. The Balaban J connectivity index is 1.86. The molecule has 10 heteroatoms. The molecule has 2 aromatic carbocycles. The van der Waals surface area contributed by atoms with Gasteiger partial charge < -0.3 is 14.8 Å². The van der Waals surface area contributed by atoms with Gasteiger partial charge in [-0.1, -0.05) is 12.1 Å². The van der Waals surface area contributed by atoms with Crippen LogP contribution in [0.1, 0.15) is 15.9 Å². The Hall–Kier alpha value is -3.53. The highest BCUT2D eigenvalue weighted by Gasteiger charge is 2.20. The van der Waals surface area contributed by atoms with Crippen molar-refractivity contribution in [3.8, 4) is 11.8 Å². The van der Waals surface area contributed by atoms with Gasteiger partial charge in [-0.15, -0.1) is 4.37 Å². The van der Waals surface area contributed by atoms with E-state index in [9.17, 15) is 14.0 Å². The number of ketones is 1. The summed E-state index contributed by atoms with van der Waals surface area (Å²) in [6, 6.07) is 9.51. The molecule has 2 amide bonds. The number of nitrogens with one attached hydrogen (secondary N) is 2. The van der Waals surface area contributed by atoms with Crippen molar-refractivity contribution in [2.75, 3.05) is 24.9 Å². The minimum Gasteiger partial charge on any atom is -0.496 e. The van der Waals surface area contributed by atoms with Crippen LogP contribution in [0.3, 0.4) is 0 Å². The van der Waals surface area contributed by atoms with E-state index in [1.807, 2.05) is 0 Å². The summed E-state index contributed by atoms with van der Waals surface area (Å²) in [5.41, 5.74) is 0.355. The van der Waals surface area contributed by atoms with Crippen LogP contribution in [-0.2, 0) is 0 Å². The maximum Gasteiger partial charge on any atom is 0.329 e. The number of rotatable bonds is 6. The number of hydrogen-bond donors (Lipinski definition) is 2. The molecule has 3 rings (SSSR count). The highest BCUT2D eigenvalue weighted by Crippen LogP contribution is 2.26. The van der Waals surface area contributed by atoms with E-state index in [0.717, 1.165) is 23.7 Å². The Kier molecular flexibility index (Phi) is 5.80. The van der Waals surface area contributed by atoms with Gasteiger partial charge in [-0.05, 0) is 30.3 Å². The normalized spacial score (nSPS) is 10.2. The van der Waals surface area contributed by atoms with Gasteiger partial charge in [0.25, 0.3) is 0 Å². The Morgan fingerprint density at radius 3 is 2.54 bits per heavy atom. The van der Waals surface area contributed by atoms with Crippen molar-refractivity contribution in [2.45, 2.75) is 0 Å². The number of anilines is 2. The van der Waals surface area contributed by atoms with Gasteiger partial charge in [0.05, 0.1) is 25.5 Å². The first-order valence-electron chi connectivity index (χ1n) is 7.94.